The van der Waals surface area contributed by atoms with Gasteiger partial charge in [0.1, 0.15) is 5.82 Å². The Morgan fingerprint density at radius 3 is 2.40 bits per heavy atom. The van der Waals surface area contributed by atoms with E-state index in [2.05, 4.69) is 20.6 Å². The lowest BCUT2D eigenvalue weighted by Gasteiger charge is -2.11. The van der Waals surface area contributed by atoms with E-state index in [0.717, 1.165) is 12.1 Å². The maximum Gasteiger partial charge on any atom is 0.229 e. The second-order valence-electron chi connectivity index (χ2n) is 5.17. The lowest BCUT2D eigenvalue weighted by Crippen LogP contribution is -2.05. The molecular weight excluding hydrogens is 353 g/mol. The summed E-state index contributed by atoms with van der Waals surface area (Å²) in [4.78, 5) is 8.29. The highest BCUT2D eigenvalue weighted by molar-refractivity contribution is 6.33. The minimum atomic E-state index is -1.56. The van der Waals surface area contributed by atoms with Gasteiger partial charge >= 0.3 is 0 Å². The van der Waals surface area contributed by atoms with E-state index in [9.17, 15) is 13.2 Å². The molecule has 128 valence electrons. The van der Waals surface area contributed by atoms with Gasteiger partial charge < -0.3 is 10.6 Å². The van der Waals surface area contributed by atoms with Crippen LogP contribution in [0.15, 0.2) is 42.5 Å². The Morgan fingerprint density at radius 1 is 0.880 bits per heavy atom. The Morgan fingerprint density at radius 2 is 1.64 bits per heavy atom. The molecule has 8 heteroatoms. The van der Waals surface area contributed by atoms with Gasteiger partial charge in [-0.2, -0.15) is 4.98 Å². The van der Waals surface area contributed by atoms with Crippen molar-refractivity contribution in [3.05, 3.63) is 70.6 Å². The predicted molar refractivity (Wildman–Crippen MR) is 91.1 cm³/mol. The lowest BCUT2D eigenvalue weighted by atomic mass is 10.3. The van der Waals surface area contributed by atoms with Crippen LogP contribution in [0.5, 0.6) is 0 Å². The van der Waals surface area contributed by atoms with Gasteiger partial charge in [-0.25, -0.2) is 18.2 Å². The first-order chi connectivity index (χ1) is 11.9. The highest BCUT2D eigenvalue weighted by Crippen LogP contribution is 2.26. The SMILES string of the molecule is Cc1cc(Nc2ccccc2Cl)nc(Nc2ccc(F)c(F)c2F)n1. The van der Waals surface area contributed by atoms with Crippen LogP contribution in [0.2, 0.25) is 5.02 Å². The highest BCUT2D eigenvalue weighted by atomic mass is 35.5. The van der Waals surface area contributed by atoms with Crippen LogP contribution in [-0.2, 0) is 0 Å². The molecule has 0 spiro atoms. The summed E-state index contributed by atoms with van der Waals surface area (Å²) in [6.07, 6.45) is 0. The molecule has 0 fully saturated rings. The van der Waals surface area contributed by atoms with Crippen molar-refractivity contribution in [2.45, 2.75) is 6.92 Å². The third kappa shape index (κ3) is 3.83. The zero-order valence-corrected chi connectivity index (χ0v) is 13.7. The van der Waals surface area contributed by atoms with Gasteiger partial charge in [-0.05, 0) is 31.2 Å². The summed E-state index contributed by atoms with van der Waals surface area (Å²) in [7, 11) is 0. The number of hydrogen-bond acceptors (Lipinski definition) is 4. The molecule has 0 bridgehead atoms. The van der Waals surface area contributed by atoms with E-state index >= 15 is 0 Å². The van der Waals surface area contributed by atoms with Crippen molar-refractivity contribution >= 4 is 34.7 Å². The number of benzene rings is 2. The van der Waals surface area contributed by atoms with Crippen molar-refractivity contribution in [3.8, 4) is 0 Å². The molecule has 0 aliphatic rings. The van der Waals surface area contributed by atoms with Gasteiger partial charge in [0.05, 0.1) is 16.4 Å². The highest BCUT2D eigenvalue weighted by Gasteiger charge is 2.14. The Kier molecular flexibility index (Phi) is 4.76. The standard InChI is InChI=1S/C17H12ClF3N4/c1-9-8-14(23-12-5-3-2-4-10(12)18)25-17(22-9)24-13-7-6-11(19)15(20)16(13)21/h2-8H,1H3,(H2,22,23,24,25). The number of aromatic nitrogens is 2. The summed E-state index contributed by atoms with van der Waals surface area (Å²) in [6.45, 7) is 1.71. The summed E-state index contributed by atoms with van der Waals surface area (Å²) >= 11 is 6.09. The fraction of sp³-hybridized carbons (Fsp3) is 0.0588. The molecule has 0 amide bonds. The molecule has 1 heterocycles. The first-order valence-corrected chi connectivity index (χ1v) is 7.59. The average Bonchev–Trinajstić information content (AvgIpc) is 2.57. The molecule has 2 N–H and O–H groups in total. The van der Waals surface area contributed by atoms with Gasteiger partial charge in [0.15, 0.2) is 17.5 Å². The van der Waals surface area contributed by atoms with Crippen molar-refractivity contribution in [2.75, 3.05) is 10.6 Å². The van der Waals surface area contributed by atoms with E-state index < -0.39 is 17.5 Å². The Labute approximate surface area is 146 Å². The Balaban J connectivity index is 1.90. The number of rotatable bonds is 4. The first-order valence-electron chi connectivity index (χ1n) is 7.22. The van der Waals surface area contributed by atoms with E-state index in [1.807, 2.05) is 0 Å². The van der Waals surface area contributed by atoms with E-state index in [1.165, 1.54) is 0 Å². The van der Waals surface area contributed by atoms with Crippen LogP contribution in [-0.4, -0.2) is 9.97 Å². The smallest absolute Gasteiger partial charge is 0.229 e. The summed E-state index contributed by atoms with van der Waals surface area (Å²) in [6, 6.07) is 10.6. The van der Waals surface area contributed by atoms with Crippen molar-refractivity contribution in [1.29, 1.82) is 0 Å². The van der Waals surface area contributed by atoms with Gasteiger partial charge in [-0.15, -0.1) is 0 Å². The summed E-state index contributed by atoms with van der Waals surface area (Å²) in [5.74, 6) is -3.74. The van der Waals surface area contributed by atoms with E-state index in [1.54, 1.807) is 37.3 Å². The number of aryl methyl sites for hydroxylation is 1. The predicted octanol–water partition coefficient (Wildman–Crippen LogP) is 5.34. The minimum Gasteiger partial charge on any atom is -0.339 e. The Hall–Kier alpha value is -2.80. The fourth-order valence-corrected chi connectivity index (χ4v) is 2.31. The molecule has 1 aromatic heterocycles. The second-order valence-corrected chi connectivity index (χ2v) is 5.58. The molecule has 3 rings (SSSR count). The molecular formula is C17H12ClF3N4. The van der Waals surface area contributed by atoms with Crippen LogP contribution < -0.4 is 10.6 Å². The van der Waals surface area contributed by atoms with Crippen LogP contribution in [0.25, 0.3) is 0 Å². The Bertz CT molecular complexity index is 934. The molecule has 0 aliphatic carbocycles. The van der Waals surface area contributed by atoms with Crippen molar-refractivity contribution in [3.63, 3.8) is 0 Å². The van der Waals surface area contributed by atoms with Gasteiger partial charge in [0.25, 0.3) is 0 Å². The van der Waals surface area contributed by atoms with E-state index in [0.29, 0.717) is 22.2 Å². The van der Waals surface area contributed by atoms with Crippen LogP contribution in [0, 0.1) is 24.4 Å². The van der Waals surface area contributed by atoms with Gasteiger partial charge in [0.2, 0.25) is 5.95 Å². The van der Waals surface area contributed by atoms with Gasteiger partial charge in [0, 0.05) is 11.8 Å². The summed E-state index contributed by atoms with van der Waals surface area (Å²) < 4.78 is 40.1. The molecule has 0 atom stereocenters. The first kappa shape index (κ1) is 17.0. The minimum absolute atomic E-state index is 0.0273. The third-order valence-electron chi connectivity index (χ3n) is 3.27. The number of anilines is 4. The second kappa shape index (κ2) is 6.98. The molecule has 4 nitrogen and oxygen atoms in total. The summed E-state index contributed by atoms with van der Waals surface area (Å²) in [5.41, 5.74) is 0.940. The topological polar surface area (TPSA) is 49.8 Å². The molecule has 3 aromatic rings. The number of nitrogens with zero attached hydrogens (tertiary/aromatic N) is 2. The van der Waals surface area contributed by atoms with Crippen LogP contribution in [0.4, 0.5) is 36.3 Å². The molecule has 0 saturated heterocycles. The third-order valence-corrected chi connectivity index (χ3v) is 3.60. The molecule has 0 saturated carbocycles. The van der Waals surface area contributed by atoms with Crippen molar-refractivity contribution in [1.82, 2.24) is 9.97 Å². The normalized spacial score (nSPS) is 10.6. The zero-order valence-electron chi connectivity index (χ0n) is 12.9. The largest absolute Gasteiger partial charge is 0.339 e. The number of para-hydroxylation sites is 1. The quantitative estimate of drug-likeness (QED) is 0.613. The van der Waals surface area contributed by atoms with Gasteiger partial charge in [-0.3, -0.25) is 0 Å². The van der Waals surface area contributed by atoms with Crippen LogP contribution in [0.3, 0.4) is 0 Å². The monoisotopic (exact) mass is 364 g/mol. The molecule has 25 heavy (non-hydrogen) atoms. The number of halogens is 4. The number of nitrogens with one attached hydrogen (secondary N) is 2. The average molecular weight is 365 g/mol. The van der Waals surface area contributed by atoms with Crippen molar-refractivity contribution < 1.29 is 13.2 Å². The maximum atomic E-state index is 13.8. The zero-order chi connectivity index (χ0) is 18.0. The van der Waals surface area contributed by atoms with E-state index in [4.69, 9.17) is 11.6 Å². The lowest BCUT2D eigenvalue weighted by molar-refractivity contribution is 0.449. The maximum absolute atomic E-state index is 13.8. The molecule has 2 aromatic carbocycles. The molecule has 0 radical (unpaired) electrons. The fourth-order valence-electron chi connectivity index (χ4n) is 2.13. The number of hydrogen-bond donors (Lipinski definition) is 2. The van der Waals surface area contributed by atoms with Crippen LogP contribution >= 0.6 is 11.6 Å². The molecule has 0 aliphatic heterocycles. The summed E-state index contributed by atoms with van der Waals surface area (Å²) in [5, 5.41) is 6.07. The van der Waals surface area contributed by atoms with Gasteiger partial charge in [-0.1, -0.05) is 23.7 Å². The van der Waals surface area contributed by atoms with Crippen molar-refractivity contribution in [2.24, 2.45) is 0 Å². The van der Waals surface area contributed by atoms with E-state index in [-0.39, 0.29) is 11.6 Å². The molecule has 0 unspecified atom stereocenters. The van der Waals surface area contributed by atoms with Crippen LogP contribution in [0.1, 0.15) is 5.69 Å².